The van der Waals surface area contributed by atoms with E-state index in [4.69, 9.17) is 0 Å². The number of benzene rings is 2. The van der Waals surface area contributed by atoms with Crippen LogP contribution in [0.4, 0.5) is 0 Å². The highest BCUT2D eigenvalue weighted by Crippen LogP contribution is 2.08. The lowest BCUT2D eigenvalue weighted by atomic mass is 10.0. The Kier molecular flexibility index (Phi) is 3.81. The first-order chi connectivity index (χ1) is 6.88. The molecule has 0 atom stereocenters. The van der Waals surface area contributed by atoms with E-state index in [0.29, 0.717) is 0 Å². The molecule has 0 bridgehead atoms. The summed E-state index contributed by atoms with van der Waals surface area (Å²) in [5, 5.41) is 0. The standard InChI is InChI=1S/C13H10O.C/c14-13(11-7-3-1-4-8-11)12-9-5-2-6-10-12;/h1-10H;. The van der Waals surface area contributed by atoms with Gasteiger partial charge in [0.05, 0.1) is 0 Å². The van der Waals surface area contributed by atoms with Gasteiger partial charge in [0.15, 0.2) is 5.78 Å². The van der Waals surface area contributed by atoms with E-state index in [1.54, 1.807) is 0 Å². The Hall–Kier alpha value is -1.89. The Bertz CT molecular complexity index is 376. The van der Waals surface area contributed by atoms with Gasteiger partial charge in [0.25, 0.3) is 0 Å². The van der Waals surface area contributed by atoms with E-state index in [-0.39, 0.29) is 13.2 Å². The van der Waals surface area contributed by atoms with Crippen LogP contribution in [0.25, 0.3) is 0 Å². The van der Waals surface area contributed by atoms with Gasteiger partial charge in [0, 0.05) is 18.6 Å². The van der Waals surface area contributed by atoms with Gasteiger partial charge in [0.1, 0.15) is 0 Å². The molecule has 1 nitrogen and oxygen atoms in total. The first kappa shape index (κ1) is 11.2. The van der Waals surface area contributed by atoms with Crippen molar-refractivity contribution in [2.45, 2.75) is 0 Å². The molecular weight excluding hydrogens is 184 g/mol. The van der Waals surface area contributed by atoms with Gasteiger partial charge in [-0.25, -0.2) is 0 Å². The van der Waals surface area contributed by atoms with Crippen LogP contribution in [-0.4, -0.2) is 5.78 Å². The number of carbonyl (C=O) groups excluding carboxylic acids is 1. The van der Waals surface area contributed by atoms with Crippen LogP contribution >= 0.6 is 0 Å². The second kappa shape index (κ2) is 5.11. The fourth-order valence-electron chi connectivity index (χ4n) is 1.35. The molecule has 2 aromatic carbocycles. The van der Waals surface area contributed by atoms with Crippen LogP contribution < -0.4 is 0 Å². The van der Waals surface area contributed by atoms with Gasteiger partial charge in [0.2, 0.25) is 0 Å². The zero-order chi connectivity index (χ0) is 9.80. The van der Waals surface area contributed by atoms with Gasteiger partial charge in [-0.2, -0.15) is 0 Å². The van der Waals surface area contributed by atoms with Crippen LogP contribution in [0, 0.1) is 7.43 Å². The average molecular weight is 194 g/mol. The molecule has 0 N–H and O–H groups in total. The predicted molar refractivity (Wildman–Crippen MR) is 59.6 cm³/mol. The van der Waals surface area contributed by atoms with Gasteiger partial charge in [-0.05, 0) is 0 Å². The molecule has 0 unspecified atom stereocenters. The van der Waals surface area contributed by atoms with E-state index >= 15 is 0 Å². The highest BCUT2D eigenvalue weighted by molar-refractivity contribution is 6.08. The molecule has 1 heteroatoms. The molecule has 0 amide bonds. The summed E-state index contributed by atoms with van der Waals surface area (Å²) < 4.78 is 0. The maximum absolute atomic E-state index is 11.8. The first-order valence-electron chi connectivity index (χ1n) is 4.53. The van der Waals surface area contributed by atoms with Crippen molar-refractivity contribution in [3.8, 4) is 0 Å². The molecule has 0 aromatic heterocycles. The van der Waals surface area contributed by atoms with Crippen molar-refractivity contribution in [2.24, 2.45) is 0 Å². The molecule has 15 heavy (non-hydrogen) atoms. The van der Waals surface area contributed by atoms with Crippen LogP contribution in [0.1, 0.15) is 15.9 Å². The Morgan fingerprint density at radius 3 is 1.33 bits per heavy atom. The Balaban J connectivity index is 0.00000112. The van der Waals surface area contributed by atoms with E-state index in [0.717, 1.165) is 11.1 Å². The molecular formula is C14H10O. The maximum atomic E-state index is 11.8. The third-order valence-corrected chi connectivity index (χ3v) is 2.07. The molecule has 0 aliphatic heterocycles. The maximum Gasteiger partial charge on any atom is 0.193 e. The first-order valence-corrected chi connectivity index (χ1v) is 4.53. The molecule has 0 saturated heterocycles. The molecule has 0 spiro atoms. The third kappa shape index (κ3) is 2.53. The summed E-state index contributed by atoms with van der Waals surface area (Å²) in [4.78, 5) is 11.8. The van der Waals surface area contributed by atoms with Crippen molar-refractivity contribution in [1.82, 2.24) is 0 Å². The summed E-state index contributed by atoms with van der Waals surface area (Å²) >= 11 is 0. The highest BCUT2D eigenvalue weighted by atomic mass is 16.1. The fourth-order valence-corrected chi connectivity index (χ4v) is 1.35. The lowest BCUT2D eigenvalue weighted by Gasteiger charge is -1.99. The van der Waals surface area contributed by atoms with Gasteiger partial charge >= 0.3 is 0 Å². The van der Waals surface area contributed by atoms with Crippen molar-refractivity contribution >= 4 is 5.78 Å². The smallest absolute Gasteiger partial charge is 0.193 e. The van der Waals surface area contributed by atoms with Crippen molar-refractivity contribution in [1.29, 1.82) is 0 Å². The van der Waals surface area contributed by atoms with E-state index in [1.807, 2.05) is 60.7 Å². The van der Waals surface area contributed by atoms with E-state index in [2.05, 4.69) is 0 Å². The lowest BCUT2D eigenvalue weighted by molar-refractivity contribution is 0.103. The minimum absolute atomic E-state index is 0. The fraction of sp³-hybridized carbons (Fsp3) is 0. The normalized spacial score (nSPS) is 9.07. The SMILES string of the molecule is O=C(c1ccccc1)c1ccccc1.[C]. The van der Waals surface area contributed by atoms with Gasteiger partial charge in [-0.3, -0.25) is 4.79 Å². The van der Waals surface area contributed by atoms with Crippen LogP contribution in [-0.2, 0) is 0 Å². The van der Waals surface area contributed by atoms with Crippen LogP contribution in [0.5, 0.6) is 0 Å². The zero-order valence-electron chi connectivity index (χ0n) is 8.18. The molecule has 72 valence electrons. The number of rotatable bonds is 2. The van der Waals surface area contributed by atoms with Crippen molar-refractivity contribution in [3.05, 3.63) is 79.2 Å². The molecule has 0 aliphatic rings. The van der Waals surface area contributed by atoms with Crippen LogP contribution in [0.3, 0.4) is 0 Å². The molecule has 0 heterocycles. The summed E-state index contributed by atoms with van der Waals surface area (Å²) in [6.07, 6.45) is 0. The summed E-state index contributed by atoms with van der Waals surface area (Å²) in [7, 11) is 0. The van der Waals surface area contributed by atoms with E-state index in [9.17, 15) is 4.79 Å². The Morgan fingerprint density at radius 2 is 1.00 bits per heavy atom. The van der Waals surface area contributed by atoms with Crippen molar-refractivity contribution in [3.63, 3.8) is 0 Å². The summed E-state index contributed by atoms with van der Waals surface area (Å²) in [6, 6.07) is 18.6. The lowest BCUT2D eigenvalue weighted by Crippen LogP contribution is -1.99. The average Bonchev–Trinajstić information content (AvgIpc) is 2.30. The van der Waals surface area contributed by atoms with Crippen molar-refractivity contribution < 1.29 is 4.79 Å². The molecule has 0 aliphatic carbocycles. The van der Waals surface area contributed by atoms with E-state index < -0.39 is 0 Å². The summed E-state index contributed by atoms with van der Waals surface area (Å²) in [5.41, 5.74) is 1.47. The minimum atomic E-state index is 0. The number of ketones is 1. The monoisotopic (exact) mass is 194 g/mol. The quantitative estimate of drug-likeness (QED) is 0.672. The van der Waals surface area contributed by atoms with Crippen LogP contribution in [0.2, 0.25) is 0 Å². The zero-order valence-corrected chi connectivity index (χ0v) is 8.18. The molecule has 2 aromatic rings. The van der Waals surface area contributed by atoms with Gasteiger partial charge in [-0.1, -0.05) is 60.7 Å². The minimum Gasteiger partial charge on any atom is -0.289 e. The molecule has 2 rings (SSSR count). The summed E-state index contributed by atoms with van der Waals surface area (Å²) in [6.45, 7) is 0. The van der Waals surface area contributed by atoms with Gasteiger partial charge in [-0.15, -0.1) is 0 Å². The van der Waals surface area contributed by atoms with Gasteiger partial charge < -0.3 is 0 Å². The highest BCUT2D eigenvalue weighted by Gasteiger charge is 2.06. The van der Waals surface area contributed by atoms with Crippen LogP contribution in [0.15, 0.2) is 60.7 Å². The topological polar surface area (TPSA) is 17.1 Å². The number of carbonyl (C=O) groups is 1. The second-order valence-electron chi connectivity index (χ2n) is 3.06. The molecule has 0 fully saturated rings. The molecule has 0 saturated carbocycles. The third-order valence-electron chi connectivity index (χ3n) is 2.07. The van der Waals surface area contributed by atoms with Crippen molar-refractivity contribution in [2.75, 3.05) is 0 Å². The second-order valence-corrected chi connectivity index (χ2v) is 3.06. The predicted octanol–water partition coefficient (Wildman–Crippen LogP) is 3.00. The number of hydrogen-bond donors (Lipinski definition) is 0. The summed E-state index contributed by atoms with van der Waals surface area (Å²) in [5.74, 6) is 0.0752. The molecule has 4 radical (unpaired) electrons. The largest absolute Gasteiger partial charge is 0.289 e. The number of hydrogen-bond acceptors (Lipinski definition) is 1. The van der Waals surface area contributed by atoms with E-state index in [1.165, 1.54) is 0 Å². The Morgan fingerprint density at radius 1 is 0.667 bits per heavy atom. The Labute approximate surface area is 90.4 Å².